The molecule has 4 aliphatic rings. The number of ketones is 1. The van der Waals surface area contributed by atoms with Gasteiger partial charge in [-0.25, -0.2) is 0 Å². The summed E-state index contributed by atoms with van der Waals surface area (Å²) < 4.78 is 0. The molecule has 0 amide bonds. The second kappa shape index (κ2) is 5.18. The summed E-state index contributed by atoms with van der Waals surface area (Å²) in [4.78, 5) is 12.4. The van der Waals surface area contributed by atoms with Gasteiger partial charge in [-0.15, -0.1) is 0 Å². The van der Waals surface area contributed by atoms with Gasteiger partial charge in [-0.2, -0.15) is 0 Å². The molecule has 128 valence electrons. The van der Waals surface area contributed by atoms with Gasteiger partial charge in [0, 0.05) is 11.8 Å². The maximum atomic E-state index is 12.4. The van der Waals surface area contributed by atoms with Crippen LogP contribution >= 0.6 is 0 Å². The summed E-state index contributed by atoms with van der Waals surface area (Å²) in [6.07, 6.45) is 10.9. The van der Waals surface area contributed by atoms with E-state index in [1.54, 1.807) is 5.57 Å². The van der Waals surface area contributed by atoms with Gasteiger partial charge in [0.15, 0.2) is 0 Å². The van der Waals surface area contributed by atoms with Gasteiger partial charge in [-0.3, -0.25) is 4.79 Å². The number of hydrogen-bond donors (Lipinski definition) is 1. The third-order valence-electron chi connectivity index (χ3n) is 8.32. The Morgan fingerprint density at radius 1 is 1.17 bits per heavy atom. The van der Waals surface area contributed by atoms with E-state index in [1.807, 2.05) is 0 Å². The Morgan fingerprint density at radius 3 is 2.70 bits per heavy atom. The van der Waals surface area contributed by atoms with Crippen LogP contribution in [0, 0.1) is 35.0 Å². The lowest BCUT2D eigenvalue weighted by molar-refractivity contribution is -0.131. The molecule has 0 aliphatic heterocycles. The van der Waals surface area contributed by atoms with Crippen LogP contribution in [0.15, 0.2) is 11.6 Å². The Kier molecular flexibility index (Phi) is 3.58. The minimum absolute atomic E-state index is 0.0140. The number of aliphatic hydroxyl groups is 1. The molecule has 0 saturated heterocycles. The highest BCUT2D eigenvalue weighted by atomic mass is 16.3. The highest BCUT2D eigenvalue weighted by Crippen LogP contribution is 2.60. The van der Waals surface area contributed by atoms with Crippen molar-refractivity contribution in [3.63, 3.8) is 0 Å². The number of fused-ring (bicyclic) bond motifs is 5. The molecule has 0 aromatic heterocycles. The minimum Gasteiger partial charge on any atom is -0.389 e. The zero-order valence-corrected chi connectivity index (χ0v) is 15.0. The Hall–Kier alpha value is -0.630. The fourth-order valence-electron chi connectivity index (χ4n) is 6.58. The minimum atomic E-state index is -0.484. The van der Waals surface area contributed by atoms with Crippen LogP contribution in [-0.4, -0.2) is 16.5 Å². The van der Waals surface area contributed by atoms with Crippen molar-refractivity contribution in [3.8, 4) is 0 Å². The van der Waals surface area contributed by atoms with Gasteiger partial charge in [0.1, 0.15) is 5.78 Å². The van der Waals surface area contributed by atoms with Crippen molar-refractivity contribution in [1.29, 1.82) is 0 Å². The molecular weight excluding hydrogens is 284 g/mol. The van der Waals surface area contributed by atoms with E-state index in [-0.39, 0.29) is 5.41 Å². The van der Waals surface area contributed by atoms with E-state index in [4.69, 9.17) is 0 Å². The molecule has 0 bridgehead atoms. The third-order valence-corrected chi connectivity index (χ3v) is 8.32. The van der Waals surface area contributed by atoms with Crippen LogP contribution in [0.25, 0.3) is 0 Å². The van der Waals surface area contributed by atoms with E-state index in [1.165, 1.54) is 6.42 Å². The normalized spacial score (nSPS) is 49.4. The van der Waals surface area contributed by atoms with Crippen LogP contribution in [0.3, 0.4) is 0 Å². The number of carbonyl (C=O) groups is 1. The predicted molar refractivity (Wildman–Crippen MR) is 91.9 cm³/mol. The van der Waals surface area contributed by atoms with E-state index in [0.29, 0.717) is 23.5 Å². The van der Waals surface area contributed by atoms with Crippen molar-refractivity contribution in [3.05, 3.63) is 11.6 Å². The SMILES string of the molecule is CC(C)[C@]1(O)CCC2C(=CC[C@@H]3[C@@H]2CC[C@]2(C)C(=O)CC[C@@H]32)C1. The largest absolute Gasteiger partial charge is 0.389 e. The maximum absolute atomic E-state index is 12.4. The lowest BCUT2D eigenvalue weighted by Gasteiger charge is -2.53. The van der Waals surface area contributed by atoms with Crippen LogP contribution in [0.2, 0.25) is 0 Å². The lowest BCUT2D eigenvalue weighted by Crippen LogP contribution is -2.48. The van der Waals surface area contributed by atoms with E-state index in [9.17, 15) is 9.90 Å². The van der Waals surface area contributed by atoms with Crippen LogP contribution in [0.4, 0.5) is 0 Å². The average Bonchev–Trinajstić information content (AvgIpc) is 2.82. The standard InChI is InChI=1S/C21H32O2/c1-13(2)21(23)11-9-15-14(12-21)4-5-17-16(15)8-10-20(3)18(17)6-7-19(20)22/h4,13,15-18,23H,5-12H2,1-3H3/t15?,16-,17-,18+,20+,21+/m1/s1. The molecule has 6 atom stereocenters. The van der Waals surface area contributed by atoms with Crippen molar-refractivity contribution in [2.45, 2.75) is 77.7 Å². The van der Waals surface area contributed by atoms with Crippen molar-refractivity contribution in [2.24, 2.45) is 35.0 Å². The summed E-state index contributed by atoms with van der Waals surface area (Å²) in [6, 6.07) is 0. The van der Waals surface area contributed by atoms with Gasteiger partial charge in [0.2, 0.25) is 0 Å². The second-order valence-electron chi connectivity index (χ2n) is 9.45. The quantitative estimate of drug-likeness (QED) is 0.722. The van der Waals surface area contributed by atoms with Crippen LogP contribution in [0.1, 0.15) is 72.1 Å². The van der Waals surface area contributed by atoms with Gasteiger partial charge < -0.3 is 5.11 Å². The average molecular weight is 316 g/mol. The fourth-order valence-corrected chi connectivity index (χ4v) is 6.58. The number of Topliss-reactive ketones (excluding diaryl/α,β-unsaturated/α-hetero) is 1. The summed E-state index contributed by atoms with van der Waals surface area (Å²) in [5.74, 6) is 3.68. The van der Waals surface area contributed by atoms with Crippen molar-refractivity contribution in [1.82, 2.24) is 0 Å². The van der Waals surface area contributed by atoms with Gasteiger partial charge >= 0.3 is 0 Å². The van der Waals surface area contributed by atoms with Crippen LogP contribution in [-0.2, 0) is 4.79 Å². The molecule has 0 heterocycles. The zero-order valence-electron chi connectivity index (χ0n) is 15.0. The van der Waals surface area contributed by atoms with Gasteiger partial charge in [-0.05, 0) is 74.5 Å². The molecule has 2 heteroatoms. The Bertz CT molecular complexity index is 548. The van der Waals surface area contributed by atoms with Gasteiger partial charge in [0.05, 0.1) is 5.60 Å². The number of hydrogen-bond acceptors (Lipinski definition) is 2. The smallest absolute Gasteiger partial charge is 0.139 e. The zero-order chi connectivity index (χ0) is 16.4. The monoisotopic (exact) mass is 316 g/mol. The molecule has 0 aromatic carbocycles. The molecule has 4 rings (SSSR count). The Morgan fingerprint density at radius 2 is 1.96 bits per heavy atom. The van der Waals surface area contributed by atoms with E-state index < -0.39 is 5.60 Å². The Labute approximate surface area is 140 Å². The summed E-state index contributed by atoms with van der Waals surface area (Å²) in [6.45, 7) is 6.56. The molecule has 0 radical (unpaired) electrons. The molecule has 1 N–H and O–H groups in total. The molecule has 4 aliphatic carbocycles. The summed E-state index contributed by atoms with van der Waals surface area (Å²) in [5.41, 5.74) is 1.04. The number of carbonyl (C=O) groups excluding carboxylic acids is 1. The molecule has 3 fully saturated rings. The molecule has 0 aromatic rings. The molecule has 1 unspecified atom stereocenters. The third kappa shape index (κ3) is 2.20. The fraction of sp³-hybridized carbons (Fsp3) is 0.857. The van der Waals surface area contributed by atoms with Gasteiger partial charge in [0.25, 0.3) is 0 Å². The number of allylic oxidation sites excluding steroid dienone is 1. The predicted octanol–water partition coefficient (Wildman–Crippen LogP) is 4.52. The van der Waals surface area contributed by atoms with Crippen LogP contribution < -0.4 is 0 Å². The van der Waals surface area contributed by atoms with Gasteiger partial charge in [-0.1, -0.05) is 32.4 Å². The molecule has 2 nitrogen and oxygen atoms in total. The van der Waals surface area contributed by atoms with Crippen molar-refractivity contribution < 1.29 is 9.90 Å². The lowest BCUT2D eigenvalue weighted by atomic mass is 9.52. The molecule has 23 heavy (non-hydrogen) atoms. The van der Waals surface area contributed by atoms with Crippen molar-refractivity contribution >= 4 is 5.78 Å². The first kappa shape index (κ1) is 15.9. The van der Waals surface area contributed by atoms with E-state index in [0.717, 1.165) is 56.8 Å². The first-order valence-corrected chi connectivity index (χ1v) is 9.80. The molecular formula is C21H32O2. The van der Waals surface area contributed by atoms with Crippen molar-refractivity contribution in [2.75, 3.05) is 0 Å². The highest BCUT2D eigenvalue weighted by Gasteiger charge is 2.56. The molecule has 0 spiro atoms. The highest BCUT2D eigenvalue weighted by molar-refractivity contribution is 5.87. The summed E-state index contributed by atoms with van der Waals surface area (Å²) >= 11 is 0. The topological polar surface area (TPSA) is 37.3 Å². The van der Waals surface area contributed by atoms with E-state index in [2.05, 4.69) is 26.8 Å². The maximum Gasteiger partial charge on any atom is 0.139 e. The first-order chi connectivity index (χ1) is 10.8. The Balaban J connectivity index is 1.60. The second-order valence-corrected chi connectivity index (χ2v) is 9.45. The van der Waals surface area contributed by atoms with Crippen LogP contribution in [0.5, 0.6) is 0 Å². The first-order valence-electron chi connectivity index (χ1n) is 9.80. The molecule has 3 saturated carbocycles. The van der Waals surface area contributed by atoms with E-state index >= 15 is 0 Å². The summed E-state index contributed by atoms with van der Waals surface area (Å²) in [5, 5.41) is 10.9. The number of rotatable bonds is 1. The summed E-state index contributed by atoms with van der Waals surface area (Å²) in [7, 11) is 0.